The highest BCUT2D eigenvalue weighted by Gasteiger charge is 2.20. The minimum Gasteiger partial charge on any atom is -0.486 e. The smallest absolute Gasteiger partial charge is 0.232 e. The molecule has 2 aromatic heterocycles. The van der Waals surface area contributed by atoms with E-state index in [1.807, 2.05) is 67.6 Å². The highest BCUT2D eigenvalue weighted by atomic mass is 32.2. The van der Waals surface area contributed by atoms with Crippen molar-refractivity contribution in [1.29, 1.82) is 0 Å². The lowest BCUT2D eigenvalue weighted by Crippen LogP contribution is -2.11. The van der Waals surface area contributed by atoms with Crippen molar-refractivity contribution in [3.05, 3.63) is 72.3 Å². The van der Waals surface area contributed by atoms with E-state index < -0.39 is 0 Å². The molecule has 0 fully saturated rings. The van der Waals surface area contributed by atoms with Crippen molar-refractivity contribution in [3.63, 3.8) is 0 Å². The van der Waals surface area contributed by atoms with E-state index in [1.165, 1.54) is 11.8 Å². The van der Waals surface area contributed by atoms with Gasteiger partial charge in [-0.2, -0.15) is 15.0 Å². The second-order valence-corrected chi connectivity index (χ2v) is 9.77. The number of hydrogen-bond acceptors (Lipinski definition) is 9. The van der Waals surface area contributed by atoms with E-state index in [-0.39, 0.29) is 11.2 Å². The van der Waals surface area contributed by atoms with Gasteiger partial charge in [-0.1, -0.05) is 62.0 Å². The molecule has 1 atom stereocenters. The largest absolute Gasteiger partial charge is 0.486 e. The Morgan fingerprint density at radius 1 is 0.943 bits per heavy atom. The molecule has 182 valence electrons. The molecule has 1 unspecified atom stereocenters. The fourth-order valence-corrected chi connectivity index (χ4v) is 4.24. The van der Waals surface area contributed by atoms with E-state index >= 15 is 0 Å². The lowest BCUT2D eigenvalue weighted by atomic mass is 10.1. The average Bonchev–Trinajstić information content (AvgIpc) is 3.23. The number of hydrogen-bond donors (Lipinski definition) is 2. The zero-order chi connectivity index (χ0) is 24.6. The Labute approximate surface area is 209 Å². The number of para-hydroxylation sites is 2. The van der Waals surface area contributed by atoms with Gasteiger partial charge in [0.05, 0.1) is 5.25 Å². The summed E-state index contributed by atoms with van der Waals surface area (Å²) in [7, 11) is 0. The van der Waals surface area contributed by atoms with E-state index in [0.29, 0.717) is 24.3 Å². The van der Waals surface area contributed by atoms with Gasteiger partial charge >= 0.3 is 0 Å². The zero-order valence-corrected chi connectivity index (χ0v) is 20.9. The van der Waals surface area contributed by atoms with Crippen LogP contribution in [-0.4, -0.2) is 29.7 Å². The monoisotopic (exact) mass is 490 g/mol. The molecule has 0 aliphatic carbocycles. The molecule has 0 saturated carbocycles. The Morgan fingerprint density at radius 3 is 2.37 bits per heavy atom. The molecule has 0 saturated heterocycles. The van der Waals surface area contributed by atoms with Gasteiger partial charge in [0.25, 0.3) is 0 Å². The van der Waals surface area contributed by atoms with Crippen molar-refractivity contribution in [2.45, 2.75) is 50.8 Å². The number of thioether (sulfide) groups is 1. The van der Waals surface area contributed by atoms with Gasteiger partial charge in [0.2, 0.25) is 11.9 Å². The topological polar surface area (TPSA) is 117 Å². The molecule has 0 aliphatic rings. The maximum Gasteiger partial charge on any atom is 0.232 e. The molecule has 3 N–H and O–H groups in total. The van der Waals surface area contributed by atoms with E-state index in [4.69, 9.17) is 10.5 Å². The number of rotatable bonds is 11. The first-order valence-corrected chi connectivity index (χ1v) is 12.5. The molecule has 0 radical (unpaired) electrons. The molecule has 0 amide bonds. The first kappa shape index (κ1) is 24.5. The second kappa shape index (κ2) is 11.7. The number of benzene rings is 2. The SMILES string of the molecule is CC(C)CCn1c(COc2ccccc2)nnc1SC(C)c1nc(N)nc(Nc2ccccc2)n1. The maximum absolute atomic E-state index is 5.99. The Hall–Kier alpha value is -3.66. The van der Waals surface area contributed by atoms with Crippen LogP contribution in [0, 0.1) is 5.92 Å². The Kier molecular flexibility index (Phi) is 8.15. The highest BCUT2D eigenvalue weighted by Crippen LogP contribution is 2.33. The van der Waals surface area contributed by atoms with Gasteiger partial charge in [0, 0.05) is 12.2 Å². The Balaban J connectivity index is 1.51. The first-order valence-electron chi connectivity index (χ1n) is 11.6. The van der Waals surface area contributed by atoms with Crippen LogP contribution in [0.5, 0.6) is 5.75 Å². The van der Waals surface area contributed by atoms with Gasteiger partial charge in [-0.05, 0) is 43.5 Å². The predicted octanol–water partition coefficient (Wildman–Crippen LogP) is 5.27. The molecule has 4 rings (SSSR count). The average molecular weight is 491 g/mol. The summed E-state index contributed by atoms with van der Waals surface area (Å²) >= 11 is 1.54. The van der Waals surface area contributed by atoms with Crippen LogP contribution in [0.3, 0.4) is 0 Å². The lowest BCUT2D eigenvalue weighted by molar-refractivity contribution is 0.285. The normalized spacial score (nSPS) is 12.0. The summed E-state index contributed by atoms with van der Waals surface area (Å²) in [5, 5.41) is 12.7. The van der Waals surface area contributed by atoms with Crippen molar-refractivity contribution in [2.24, 2.45) is 5.92 Å². The van der Waals surface area contributed by atoms with Crippen molar-refractivity contribution in [2.75, 3.05) is 11.1 Å². The summed E-state index contributed by atoms with van der Waals surface area (Å²) in [5.74, 6) is 3.27. The van der Waals surface area contributed by atoms with Gasteiger partial charge in [0.15, 0.2) is 11.0 Å². The molecular weight excluding hydrogens is 460 g/mol. The van der Waals surface area contributed by atoms with Crippen LogP contribution in [0.2, 0.25) is 0 Å². The summed E-state index contributed by atoms with van der Waals surface area (Å²) in [6.07, 6.45) is 1.00. The predicted molar refractivity (Wildman–Crippen MR) is 138 cm³/mol. The number of nitrogens with one attached hydrogen (secondary N) is 1. The van der Waals surface area contributed by atoms with Crippen LogP contribution in [0.1, 0.15) is 44.1 Å². The minimum atomic E-state index is -0.124. The summed E-state index contributed by atoms with van der Waals surface area (Å²) < 4.78 is 8.06. The molecule has 4 aromatic rings. The molecule has 0 spiro atoms. The first-order chi connectivity index (χ1) is 17.0. The zero-order valence-electron chi connectivity index (χ0n) is 20.1. The van der Waals surface area contributed by atoms with Crippen molar-refractivity contribution in [3.8, 4) is 5.75 Å². The van der Waals surface area contributed by atoms with Crippen molar-refractivity contribution >= 4 is 29.3 Å². The van der Waals surface area contributed by atoms with Crippen LogP contribution in [0.4, 0.5) is 17.6 Å². The molecular formula is C25H30N8OS. The number of aromatic nitrogens is 6. The third-order valence-electron chi connectivity index (χ3n) is 5.18. The molecule has 10 heteroatoms. The van der Waals surface area contributed by atoms with Crippen LogP contribution >= 0.6 is 11.8 Å². The van der Waals surface area contributed by atoms with E-state index in [2.05, 4.69) is 48.9 Å². The molecule has 0 aliphatic heterocycles. The third-order valence-corrected chi connectivity index (χ3v) is 6.26. The summed E-state index contributed by atoms with van der Waals surface area (Å²) in [6, 6.07) is 19.4. The second-order valence-electron chi connectivity index (χ2n) is 8.46. The van der Waals surface area contributed by atoms with Crippen LogP contribution < -0.4 is 15.8 Å². The number of nitrogens with two attached hydrogens (primary N) is 1. The molecule has 2 aromatic carbocycles. The number of ether oxygens (including phenoxy) is 1. The highest BCUT2D eigenvalue weighted by molar-refractivity contribution is 7.99. The third kappa shape index (κ3) is 6.92. The van der Waals surface area contributed by atoms with Crippen LogP contribution in [0.15, 0.2) is 65.8 Å². The van der Waals surface area contributed by atoms with Crippen LogP contribution in [-0.2, 0) is 13.2 Å². The van der Waals surface area contributed by atoms with Gasteiger partial charge < -0.3 is 20.4 Å². The van der Waals surface area contributed by atoms with Gasteiger partial charge in [-0.25, -0.2) is 0 Å². The summed E-state index contributed by atoms with van der Waals surface area (Å²) in [4.78, 5) is 13.2. The van der Waals surface area contributed by atoms with E-state index in [9.17, 15) is 0 Å². The Bertz CT molecular complexity index is 1220. The standard InChI is InChI=1S/C25H30N8OS/c1-17(2)14-15-33-21(16-34-20-12-8-5-9-13-20)31-32-25(33)35-18(3)22-28-23(26)30-24(29-22)27-19-10-6-4-7-11-19/h4-13,17-18H,14-16H2,1-3H3,(H3,26,27,28,29,30). The fourth-order valence-electron chi connectivity index (χ4n) is 3.30. The minimum absolute atomic E-state index is 0.124. The maximum atomic E-state index is 5.99. The quantitative estimate of drug-likeness (QED) is 0.271. The number of nitrogen functional groups attached to an aromatic ring is 1. The van der Waals surface area contributed by atoms with Crippen molar-refractivity contribution < 1.29 is 4.74 Å². The number of anilines is 3. The van der Waals surface area contributed by atoms with E-state index in [0.717, 1.165) is 35.4 Å². The summed E-state index contributed by atoms with van der Waals surface area (Å²) in [6.45, 7) is 7.57. The van der Waals surface area contributed by atoms with Gasteiger partial charge in [-0.15, -0.1) is 10.2 Å². The lowest BCUT2D eigenvalue weighted by Gasteiger charge is -2.15. The van der Waals surface area contributed by atoms with Crippen molar-refractivity contribution in [1.82, 2.24) is 29.7 Å². The summed E-state index contributed by atoms with van der Waals surface area (Å²) in [5.41, 5.74) is 6.87. The Morgan fingerprint density at radius 2 is 1.66 bits per heavy atom. The molecule has 2 heterocycles. The molecule has 9 nitrogen and oxygen atoms in total. The molecule has 0 bridgehead atoms. The van der Waals surface area contributed by atoms with Gasteiger partial charge in [-0.3, -0.25) is 0 Å². The van der Waals surface area contributed by atoms with Crippen LogP contribution in [0.25, 0.3) is 0 Å². The van der Waals surface area contributed by atoms with E-state index in [1.54, 1.807) is 0 Å². The molecule has 35 heavy (non-hydrogen) atoms. The van der Waals surface area contributed by atoms with Gasteiger partial charge in [0.1, 0.15) is 18.2 Å². The fraction of sp³-hybridized carbons (Fsp3) is 0.320. The number of nitrogens with zero attached hydrogens (tertiary/aromatic N) is 6.